The third-order valence-electron chi connectivity index (χ3n) is 5.87. The van der Waals surface area contributed by atoms with Crippen molar-refractivity contribution in [2.24, 2.45) is 5.92 Å². The van der Waals surface area contributed by atoms with E-state index >= 15 is 0 Å². The maximum absolute atomic E-state index is 3.68. The second-order valence-corrected chi connectivity index (χ2v) is 6.96. The zero-order chi connectivity index (χ0) is 14.8. The fraction of sp³-hybridized carbons (Fsp3) is 0.684. The summed E-state index contributed by atoms with van der Waals surface area (Å²) in [6.45, 7) is 9.45. The molecule has 2 nitrogen and oxygen atoms in total. The monoisotopic (exact) mass is 286 g/mol. The average Bonchev–Trinajstić information content (AvgIpc) is 2.52. The Bertz CT molecular complexity index is 470. The molecule has 3 rings (SSSR count). The van der Waals surface area contributed by atoms with Crippen LogP contribution in [0.1, 0.15) is 44.7 Å². The number of likely N-dealkylation sites (tertiary alicyclic amines) is 1. The molecule has 21 heavy (non-hydrogen) atoms. The number of rotatable bonds is 3. The second-order valence-electron chi connectivity index (χ2n) is 6.96. The van der Waals surface area contributed by atoms with Crippen molar-refractivity contribution in [3.63, 3.8) is 0 Å². The Morgan fingerprint density at radius 2 is 1.90 bits per heavy atom. The van der Waals surface area contributed by atoms with Crippen LogP contribution in [-0.2, 0) is 12.8 Å². The van der Waals surface area contributed by atoms with E-state index in [0.29, 0.717) is 12.1 Å². The molecule has 4 unspecified atom stereocenters. The minimum atomic E-state index is 0.693. The number of nitrogens with zero attached hydrogens (tertiary/aromatic N) is 1. The van der Waals surface area contributed by atoms with E-state index in [1.165, 1.54) is 32.2 Å². The molecular formula is C19H30N2. The highest BCUT2D eigenvalue weighted by molar-refractivity contribution is 5.30. The lowest BCUT2D eigenvalue weighted by Gasteiger charge is -2.47. The fourth-order valence-electron chi connectivity index (χ4n) is 4.42. The van der Waals surface area contributed by atoms with Crippen LogP contribution < -0.4 is 5.32 Å². The van der Waals surface area contributed by atoms with Gasteiger partial charge in [0.2, 0.25) is 0 Å². The Kier molecular flexibility index (Phi) is 4.66. The molecule has 1 aromatic carbocycles. The quantitative estimate of drug-likeness (QED) is 0.917. The van der Waals surface area contributed by atoms with Gasteiger partial charge < -0.3 is 5.32 Å². The van der Waals surface area contributed by atoms with Crippen LogP contribution in [-0.4, -0.2) is 36.1 Å². The molecule has 0 saturated carbocycles. The Balaban J connectivity index is 1.68. The predicted octanol–water partition coefficient (Wildman–Crippen LogP) is 3.25. The molecule has 4 atom stereocenters. The van der Waals surface area contributed by atoms with Gasteiger partial charge in [0, 0.05) is 24.7 Å². The van der Waals surface area contributed by atoms with Crippen LogP contribution in [0.3, 0.4) is 0 Å². The molecule has 1 aromatic rings. The van der Waals surface area contributed by atoms with Crippen molar-refractivity contribution in [1.29, 1.82) is 0 Å². The first-order chi connectivity index (χ1) is 10.2. The van der Waals surface area contributed by atoms with Gasteiger partial charge in [-0.05, 0) is 56.2 Å². The number of aryl methyl sites for hydroxylation is 1. The Morgan fingerprint density at radius 1 is 1.14 bits per heavy atom. The summed E-state index contributed by atoms with van der Waals surface area (Å²) < 4.78 is 0. The molecule has 1 saturated heterocycles. The van der Waals surface area contributed by atoms with E-state index < -0.39 is 0 Å². The predicted molar refractivity (Wildman–Crippen MR) is 89.7 cm³/mol. The molecule has 0 aromatic heterocycles. The molecule has 1 fully saturated rings. The molecule has 0 radical (unpaired) electrons. The summed E-state index contributed by atoms with van der Waals surface area (Å²) in [6, 6.07) is 11.2. The van der Waals surface area contributed by atoms with Gasteiger partial charge in [0.1, 0.15) is 0 Å². The van der Waals surface area contributed by atoms with Crippen LogP contribution in [0.15, 0.2) is 24.3 Å². The molecule has 1 aliphatic heterocycles. The lowest BCUT2D eigenvalue weighted by atomic mass is 9.82. The van der Waals surface area contributed by atoms with E-state index in [2.05, 4.69) is 55.3 Å². The number of hydrogen-bond acceptors (Lipinski definition) is 2. The maximum Gasteiger partial charge on any atom is 0.0142 e. The summed E-state index contributed by atoms with van der Waals surface area (Å²) in [7, 11) is 0. The van der Waals surface area contributed by atoms with Crippen LogP contribution >= 0.6 is 0 Å². The van der Waals surface area contributed by atoms with Gasteiger partial charge >= 0.3 is 0 Å². The van der Waals surface area contributed by atoms with Crippen LogP contribution in [0.4, 0.5) is 0 Å². The van der Waals surface area contributed by atoms with Crippen molar-refractivity contribution in [2.45, 2.75) is 64.6 Å². The first kappa shape index (κ1) is 15.1. The SMILES string of the molecule is CCNC1CCN(C2CCc3ccccc3C2)C(C)C1C. The molecule has 0 amide bonds. The lowest BCUT2D eigenvalue weighted by Crippen LogP contribution is -2.57. The Labute approximate surface area is 129 Å². The van der Waals surface area contributed by atoms with E-state index in [1.807, 2.05) is 0 Å². The average molecular weight is 286 g/mol. The number of hydrogen-bond donors (Lipinski definition) is 1. The number of benzene rings is 1. The van der Waals surface area contributed by atoms with Gasteiger partial charge in [-0.2, -0.15) is 0 Å². The van der Waals surface area contributed by atoms with Gasteiger partial charge in [-0.1, -0.05) is 38.1 Å². The highest BCUT2D eigenvalue weighted by Crippen LogP contribution is 2.31. The highest BCUT2D eigenvalue weighted by atomic mass is 15.2. The largest absolute Gasteiger partial charge is 0.314 e. The molecule has 1 heterocycles. The highest BCUT2D eigenvalue weighted by Gasteiger charge is 2.36. The van der Waals surface area contributed by atoms with E-state index in [4.69, 9.17) is 0 Å². The van der Waals surface area contributed by atoms with E-state index in [1.54, 1.807) is 11.1 Å². The Hall–Kier alpha value is -0.860. The first-order valence-electron chi connectivity index (χ1n) is 8.76. The smallest absolute Gasteiger partial charge is 0.0142 e. The summed E-state index contributed by atoms with van der Waals surface area (Å²) in [4.78, 5) is 2.80. The van der Waals surface area contributed by atoms with Crippen molar-refractivity contribution in [1.82, 2.24) is 10.2 Å². The zero-order valence-electron chi connectivity index (χ0n) is 13.8. The van der Waals surface area contributed by atoms with Crippen molar-refractivity contribution >= 4 is 0 Å². The molecular weight excluding hydrogens is 256 g/mol. The zero-order valence-corrected chi connectivity index (χ0v) is 13.8. The normalized spacial score (nSPS) is 33.7. The van der Waals surface area contributed by atoms with Crippen molar-refractivity contribution in [3.8, 4) is 0 Å². The van der Waals surface area contributed by atoms with Crippen LogP contribution in [0.5, 0.6) is 0 Å². The maximum atomic E-state index is 3.68. The van der Waals surface area contributed by atoms with Gasteiger partial charge in [0.25, 0.3) is 0 Å². The van der Waals surface area contributed by atoms with Gasteiger partial charge in [-0.15, -0.1) is 0 Å². The van der Waals surface area contributed by atoms with E-state index in [0.717, 1.165) is 18.5 Å². The van der Waals surface area contributed by atoms with Crippen molar-refractivity contribution < 1.29 is 0 Å². The summed E-state index contributed by atoms with van der Waals surface area (Å²) in [5.74, 6) is 0.746. The molecule has 2 heteroatoms. The Morgan fingerprint density at radius 3 is 2.67 bits per heavy atom. The number of fused-ring (bicyclic) bond motifs is 1. The number of nitrogens with one attached hydrogen (secondary N) is 1. The molecule has 1 aliphatic carbocycles. The summed E-state index contributed by atoms with van der Waals surface area (Å²) >= 11 is 0. The molecule has 0 bridgehead atoms. The van der Waals surface area contributed by atoms with Gasteiger partial charge in [-0.3, -0.25) is 4.90 Å². The topological polar surface area (TPSA) is 15.3 Å². The van der Waals surface area contributed by atoms with Crippen molar-refractivity contribution in [2.75, 3.05) is 13.1 Å². The standard InChI is InChI=1S/C19H30N2/c1-4-20-19-11-12-21(15(3)14(19)2)18-10-9-16-7-5-6-8-17(16)13-18/h5-8,14-15,18-20H,4,9-13H2,1-3H3. The minimum Gasteiger partial charge on any atom is -0.314 e. The second kappa shape index (κ2) is 6.50. The minimum absolute atomic E-state index is 0.693. The van der Waals surface area contributed by atoms with Crippen LogP contribution in [0.25, 0.3) is 0 Å². The third kappa shape index (κ3) is 3.02. The number of piperidine rings is 1. The fourth-order valence-corrected chi connectivity index (χ4v) is 4.42. The summed E-state index contributed by atoms with van der Waals surface area (Å²) in [6.07, 6.45) is 5.14. The van der Waals surface area contributed by atoms with Gasteiger partial charge in [0.05, 0.1) is 0 Å². The third-order valence-corrected chi connectivity index (χ3v) is 5.87. The van der Waals surface area contributed by atoms with Crippen LogP contribution in [0.2, 0.25) is 0 Å². The van der Waals surface area contributed by atoms with Gasteiger partial charge in [-0.25, -0.2) is 0 Å². The summed E-state index contributed by atoms with van der Waals surface area (Å²) in [5.41, 5.74) is 3.17. The molecule has 0 spiro atoms. The van der Waals surface area contributed by atoms with Crippen molar-refractivity contribution in [3.05, 3.63) is 35.4 Å². The lowest BCUT2D eigenvalue weighted by molar-refractivity contribution is 0.0416. The van der Waals surface area contributed by atoms with E-state index in [9.17, 15) is 0 Å². The molecule has 116 valence electrons. The van der Waals surface area contributed by atoms with E-state index in [-0.39, 0.29) is 0 Å². The van der Waals surface area contributed by atoms with Crippen LogP contribution in [0, 0.1) is 5.92 Å². The molecule has 2 aliphatic rings. The van der Waals surface area contributed by atoms with Gasteiger partial charge in [0.15, 0.2) is 0 Å². The summed E-state index contributed by atoms with van der Waals surface area (Å²) in [5, 5.41) is 3.68. The first-order valence-corrected chi connectivity index (χ1v) is 8.76. The molecule has 1 N–H and O–H groups in total.